The minimum Gasteiger partial charge on any atom is -0.399 e. The highest BCUT2D eigenvalue weighted by molar-refractivity contribution is 5.79. The molecule has 1 aromatic rings. The van der Waals surface area contributed by atoms with Crippen LogP contribution in [0.2, 0.25) is 0 Å². The van der Waals surface area contributed by atoms with Crippen molar-refractivity contribution in [3.8, 4) is 0 Å². The van der Waals surface area contributed by atoms with Gasteiger partial charge in [-0.2, -0.15) is 0 Å². The second-order valence-electron chi connectivity index (χ2n) is 2.05. The lowest BCUT2D eigenvalue weighted by molar-refractivity contribution is 0.112. The zero-order chi connectivity index (χ0) is 7.56. The summed E-state index contributed by atoms with van der Waals surface area (Å²) in [4.78, 5) is 10.2. The van der Waals surface area contributed by atoms with E-state index in [-0.39, 0.29) is 0 Å². The van der Waals surface area contributed by atoms with Gasteiger partial charge in [-0.1, -0.05) is 0 Å². The van der Waals surface area contributed by atoms with Crippen LogP contribution < -0.4 is 11.5 Å². The van der Waals surface area contributed by atoms with E-state index in [1.165, 1.54) is 0 Å². The highest BCUT2D eigenvalue weighted by Gasteiger charge is 1.92. The maximum Gasteiger partial charge on any atom is 0.150 e. The zero-order valence-corrected chi connectivity index (χ0v) is 5.37. The molecule has 1 aromatic carbocycles. The van der Waals surface area contributed by atoms with Gasteiger partial charge in [0.25, 0.3) is 0 Å². The maximum atomic E-state index is 10.2. The van der Waals surface area contributed by atoms with Gasteiger partial charge in [0.1, 0.15) is 6.29 Å². The molecule has 0 spiro atoms. The topological polar surface area (TPSA) is 69.1 Å². The molecule has 3 nitrogen and oxygen atoms in total. The molecule has 1 rings (SSSR count). The van der Waals surface area contributed by atoms with Crippen molar-refractivity contribution >= 4 is 17.7 Å². The SMILES string of the molecule is Nc1cc(N)cc(C=O)c1. The first-order valence-corrected chi connectivity index (χ1v) is 2.83. The van der Waals surface area contributed by atoms with E-state index in [0.29, 0.717) is 23.2 Å². The molecule has 0 aliphatic rings. The van der Waals surface area contributed by atoms with Crippen LogP contribution in [0, 0.1) is 0 Å². The van der Waals surface area contributed by atoms with Crippen molar-refractivity contribution in [2.75, 3.05) is 11.5 Å². The largest absolute Gasteiger partial charge is 0.399 e. The van der Waals surface area contributed by atoms with Crippen LogP contribution in [0.4, 0.5) is 11.4 Å². The summed E-state index contributed by atoms with van der Waals surface area (Å²) in [6.45, 7) is 0. The lowest BCUT2D eigenvalue weighted by Gasteiger charge is -1.96. The lowest BCUT2D eigenvalue weighted by atomic mass is 10.2. The van der Waals surface area contributed by atoms with Gasteiger partial charge >= 0.3 is 0 Å². The molecular weight excluding hydrogens is 128 g/mol. The number of benzene rings is 1. The number of hydrogen-bond acceptors (Lipinski definition) is 3. The van der Waals surface area contributed by atoms with Crippen LogP contribution in [0.25, 0.3) is 0 Å². The second kappa shape index (κ2) is 2.39. The van der Waals surface area contributed by atoms with E-state index in [1.807, 2.05) is 0 Å². The third-order valence-electron chi connectivity index (χ3n) is 1.14. The molecule has 52 valence electrons. The van der Waals surface area contributed by atoms with Gasteiger partial charge in [0, 0.05) is 16.9 Å². The Bertz CT molecular complexity index is 238. The van der Waals surface area contributed by atoms with E-state index >= 15 is 0 Å². The minimum absolute atomic E-state index is 0.512. The Morgan fingerprint density at radius 3 is 2.00 bits per heavy atom. The predicted molar refractivity (Wildman–Crippen MR) is 40.7 cm³/mol. The third-order valence-corrected chi connectivity index (χ3v) is 1.14. The summed E-state index contributed by atoms with van der Waals surface area (Å²) in [7, 11) is 0. The molecule has 4 N–H and O–H groups in total. The van der Waals surface area contributed by atoms with E-state index in [9.17, 15) is 4.79 Å². The first kappa shape index (κ1) is 6.61. The van der Waals surface area contributed by atoms with E-state index in [2.05, 4.69) is 0 Å². The average Bonchev–Trinajstić information content (AvgIpc) is 1.85. The van der Waals surface area contributed by atoms with Crippen molar-refractivity contribution in [2.24, 2.45) is 0 Å². The summed E-state index contributed by atoms with van der Waals surface area (Å²) in [5, 5.41) is 0. The average molecular weight is 136 g/mol. The predicted octanol–water partition coefficient (Wildman–Crippen LogP) is 0.664. The van der Waals surface area contributed by atoms with Crippen molar-refractivity contribution in [3.05, 3.63) is 23.8 Å². The number of nitrogen functional groups attached to an aromatic ring is 2. The van der Waals surface area contributed by atoms with Gasteiger partial charge in [-0.25, -0.2) is 0 Å². The number of anilines is 2. The number of rotatable bonds is 1. The van der Waals surface area contributed by atoms with Crippen LogP contribution in [-0.2, 0) is 0 Å². The van der Waals surface area contributed by atoms with Gasteiger partial charge in [-0.3, -0.25) is 4.79 Å². The van der Waals surface area contributed by atoms with E-state index in [0.717, 1.165) is 0 Å². The molecule has 0 atom stereocenters. The molecule has 0 aliphatic heterocycles. The van der Waals surface area contributed by atoms with Gasteiger partial charge in [-0.05, 0) is 18.2 Å². The molecule has 0 unspecified atom stereocenters. The van der Waals surface area contributed by atoms with Crippen LogP contribution in [0.3, 0.4) is 0 Å². The van der Waals surface area contributed by atoms with Crippen LogP contribution >= 0.6 is 0 Å². The summed E-state index contributed by atoms with van der Waals surface area (Å²) < 4.78 is 0. The minimum atomic E-state index is 0.512. The summed E-state index contributed by atoms with van der Waals surface area (Å²) in [6.07, 6.45) is 0.715. The Hall–Kier alpha value is -1.51. The Labute approximate surface area is 58.6 Å². The third kappa shape index (κ3) is 1.25. The Morgan fingerprint density at radius 2 is 1.60 bits per heavy atom. The van der Waals surface area contributed by atoms with Gasteiger partial charge in [-0.15, -0.1) is 0 Å². The van der Waals surface area contributed by atoms with Crippen LogP contribution in [0.5, 0.6) is 0 Å². The normalized spacial score (nSPS) is 9.20. The zero-order valence-electron chi connectivity index (χ0n) is 5.37. The summed E-state index contributed by atoms with van der Waals surface area (Å²) >= 11 is 0. The van der Waals surface area contributed by atoms with Gasteiger partial charge < -0.3 is 11.5 Å². The van der Waals surface area contributed by atoms with Crippen molar-refractivity contribution < 1.29 is 4.79 Å². The monoisotopic (exact) mass is 136 g/mol. The second-order valence-corrected chi connectivity index (χ2v) is 2.05. The molecule has 0 radical (unpaired) electrons. The first-order chi connectivity index (χ1) is 4.72. The van der Waals surface area contributed by atoms with Gasteiger partial charge in [0.05, 0.1) is 0 Å². The smallest absolute Gasteiger partial charge is 0.150 e. The summed E-state index contributed by atoms with van der Waals surface area (Å²) in [5.41, 5.74) is 12.3. The van der Waals surface area contributed by atoms with Crippen molar-refractivity contribution in [1.82, 2.24) is 0 Å². The van der Waals surface area contributed by atoms with Crippen molar-refractivity contribution in [2.45, 2.75) is 0 Å². The highest BCUT2D eigenvalue weighted by Crippen LogP contribution is 2.11. The highest BCUT2D eigenvalue weighted by atomic mass is 16.1. The molecule has 0 amide bonds. The molecule has 10 heavy (non-hydrogen) atoms. The maximum absolute atomic E-state index is 10.2. The molecule has 0 aliphatic carbocycles. The number of nitrogens with two attached hydrogens (primary N) is 2. The van der Waals surface area contributed by atoms with E-state index in [1.54, 1.807) is 18.2 Å². The van der Waals surface area contributed by atoms with Crippen molar-refractivity contribution in [3.63, 3.8) is 0 Å². The first-order valence-electron chi connectivity index (χ1n) is 2.83. The Kier molecular flexibility index (Phi) is 1.58. The van der Waals surface area contributed by atoms with Gasteiger partial charge in [0.2, 0.25) is 0 Å². The number of hydrogen-bond donors (Lipinski definition) is 2. The Balaban J connectivity index is 3.18. The molecule has 3 heteroatoms. The molecular formula is C7H8N2O. The Morgan fingerprint density at radius 1 is 1.10 bits per heavy atom. The lowest BCUT2D eigenvalue weighted by Crippen LogP contribution is -1.92. The standard InChI is InChI=1S/C7H8N2O/c8-6-1-5(4-10)2-7(9)3-6/h1-4H,8-9H2. The van der Waals surface area contributed by atoms with Crippen LogP contribution in [0.15, 0.2) is 18.2 Å². The van der Waals surface area contributed by atoms with Crippen LogP contribution in [-0.4, -0.2) is 6.29 Å². The fourth-order valence-electron chi connectivity index (χ4n) is 0.770. The molecule has 0 bridgehead atoms. The number of carbonyl (C=O) groups is 1. The van der Waals surface area contributed by atoms with Gasteiger partial charge in [0.15, 0.2) is 0 Å². The summed E-state index contributed by atoms with van der Waals surface area (Å²) in [5.74, 6) is 0. The van der Waals surface area contributed by atoms with Crippen LogP contribution in [0.1, 0.15) is 10.4 Å². The van der Waals surface area contributed by atoms with E-state index in [4.69, 9.17) is 11.5 Å². The van der Waals surface area contributed by atoms with Crippen molar-refractivity contribution in [1.29, 1.82) is 0 Å². The molecule has 0 saturated carbocycles. The van der Waals surface area contributed by atoms with E-state index < -0.39 is 0 Å². The molecule has 0 aromatic heterocycles. The number of aldehydes is 1. The number of carbonyl (C=O) groups excluding carboxylic acids is 1. The molecule has 0 heterocycles. The quantitative estimate of drug-likeness (QED) is 0.440. The fraction of sp³-hybridized carbons (Fsp3) is 0. The molecule has 0 saturated heterocycles. The summed E-state index contributed by atoms with van der Waals surface area (Å²) in [6, 6.07) is 4.75. The fourth-order valence-corrected chi connectivity index (χ4v) is 0.770. The molecule has 0 fully saturated rings.